The Morgan fingerprint density at radius 1 is 1.12 bits per heavy atom. The second-order valence-corrected chi connectivity index (χ2v) is 6.38. The first-order chi connectivity index (χ1) is 11.0. The molecule has 3 rings (SSSR count). The van der Waals surface area contributed by atoms with Crippen molar-refractivity contribution >= 4 is 18.3 Å². The molecule has 2 heterocycles. The van der Waals surface area contributed by atoms with E-state index in [0.29, 0.717) is 25.0 Å². The maximum atomic E-state index is 13.1. The Hall–Kier alpha value is -1.27. The fraction of sp³-hybridized carbons (Fsp3) is 0.588. The molecule has 134 valence electrons. The van der Waals surface area contributed by atoms with Gasteiger partial charge in [0.25, 0.3) is 5.91 Å². The predicted octanol–water partition coefficient (Wildman–Crippen LogP) is 3.73. The van der Waals surface area contributed by atoms with Crippen LogP contribution in [0.25, 0.3) is 0 Å². The standard InChI is InChI=1S/C17H21F3N2O.ClH/c18-17(19,20)14-5-2-1-4-13(14)16(23)22-10-7-12(8-11-22)15-6-3-9-21-15;/h1-2,4-5,12,15,21H,3,6-11H2;1H. The monoisotopic (exact) mass is 362 g/mol. The Morgan fingerprint density at radius 2 is 1.79 bits per heavy atom. The summed E-state index contributed by atoms with van der Waals surface area (Å²) in [5, 5.41) is 3.48. The molecule has 7 heteroatoms. The molecule has 3 nitrogen and oxygen atoms in total. The molecule has 1 atom stereocenters. The van der Waals surface area contributed by atoms with Gasteiger partial charge >= 0.3 is 6.18 Å². The SMILES string of the molecule is Cl.O=C(c1ccccc1C(F)(F)F)N1CCC(C2CCCN2)CC1. The average molecular weight is 363 g/mol. The zero-order valence-electron chi connectivity index (χ0n) is 13.3. The van der Waals surface area contributed by atoms with E-state index in [2.05, 4.69) is 5.32 Å². The summed E-state index contributed by atoms with van der Waals surface area (Å²) in [5.74, 6) is 0.0233. The number of likely N-dealkylation sites (tertiary alicyclic amines) is 1. The summed E-state index contributed by atoms with van der Waals surface area (Å²) >= 11 is 0. The number of carbonyl (C=O) groups excluding carboxylic acids is 1. The molecule has 0 radical (unpaired) electrons. The van der Waals surface area contributed by atoms with Crippen molar-refractivity contribution in [2.45, 2.75) is 37.9 Å². The average Bonchev–Trinajstić information content (AvgIpc) is 3.08. The Morgan fingerprint density at radius 3 is 2.38 bits per heavy atom. The fourth-order valence-electron chi connectivity index (χ4n) is 3.71. The van der Waals surface area contributed by atoms with Crippen LogP contribution in [0, 0.1) is 5.92 Å². The molecule has 0 bridgehead atoms. The topological polar surface area (TPSA) is 32.3 Å². The van der Waals surface area contributed by atoms with Crippen LogP contribution in [0.4, 0.5) is 13.2 Å². The second-order valence-electron chi connectivity index (χ2n) is 6.38. The minimum Gasteiger partial charge on any atom is -0.339 e. The molecule has 2 aliphatic heterocycles. The van der Waals surface area contributed by atoms with E-state index in [-0.39, 0.29) is 18.0 Å². The van der Waals surface area contributed by atoms with Gasteiger partial charge in [-0.3, -0.25) is 4.79 Å². The van der Waals surface area contributed by atoms with Crippen molar-refractivity contribution in [3.63, 3.8) is 0 Å². The van der Waals surface area contributed by atoms with E-state index in [1.54, 1.807) is 4.90 Å². The summed E-state index contributed by atoms with van der Waals surface area (Å²) in [6.07, 6.45) is -0.439. The smallest absolute Gasteiger partial charge is 0.339 e. The maximum absolute atomic E-state index is 13.1. The van der Waals surface area contributed by atoms with E-state index in [1.807, 2.05) is 0 Å². The predicted molar refractivity (Wildman–Crippen MR) is 88.3 cm³/mol. The van der Waals surface area contributed by atoms with Gasteiger partial charge in [0.2, 0.25) is 0 Å². The van der Waals surface area contributed by atoms with E-state index in [4.69, 9.17) is 0 Å². The number of nitrogens with zero attached hydrogens (tertiary/aromatic N) is 1. The van der Waals surface area contributed by atoms with Crippen molar-refractivity contribution in [3.05, 3.63) is 35.4 Å². The number of amides is 1. The van der Waals surface area contributed by atoms with Gasteiger partial charge < -0.3 is 10.2 Å². The van der Waals surface area contributed by atoms with Crippen molar-refractivity contribution < 1.29 is 18.0 Å². The van der Waals surface area contributed by atoms with Crippen molar-refractivity contribution in [2.24, 2.45) is 5.92 Å². The maximum Gasteiger partial charge on any atom is 0.417 e. The van der Waals surface area contributed by atoms with Gasteiger partial charge in [0.1, 0.15) is 0 Å². The summed E-state index contributed by atoms with van der Waals surface area (Å²) in [5.41, 5.74) is -1.08. The zero-order valence-corrected chi connectivity index (χ0v) is 14.1. The van der Waals surface area contributed by atoms with Gasteiger partial charge in [-0.25, -0.2) is 0 Å². The van der Waals surface area contributed by atoms with E-state index in [1.165, 1.54) is 24.6 Å². The number of carbonyl (C=O) groups is 1. The zero-order chi connectivity index (χ0) is 16.4. The Kier molecular flexibility index (Phi) is 6.15. The van der Waals surface area contributed by atoms with Crippen LogP contribution >= 0.6 is 12.4 Å². The van der Waals surface area contributed by atoms with Gasteiger partial charge in [-0.2, -0.15) is 13.2 Å². The number of hydrogen-bond donors (Lipinski definition) is 1. The molecule has 0 aromatic heterocycles. The van der Waals surface area contributed by atoms with Gasteiger partial charge in [-0.1, -0.05) is 12.1 Å². The molecular weight excluding hydrogens is 341 g/mol. The van der Waals surface area contributed by atoms with Gasteiger partial charge in [0.15, 0.2) is 0 Å². The molecular formula is C17H22ClF3N2O. The van der Waals surface area contributed by atoms with E-state index in [9.17, 15) is 18.0 Å². The highest BCUT2D eigenvalue weighted by Gasteiger charge is 2.37. The van der Waals surface area contributed by atoms with Crippen LogP contribution in [0.15, 0.2) is 24.3 Å². The third-order valence-electron chi connectivity index (χ3n) is 4.96. The normalized spacial score (nSPS) is 22.3. The van der Waals surface area contributed by atoms with Crippen LogP contribution in [0.2, 0.25) is 0 Å². The molecule has 24 heavy (non-hydrogen) atoms. The van der Waals surface area contributed by atoms with Crippen molar-refractivity contribution in [3.8, 4) is 0 Å². The fourth-order valence-corrected chi connectivity index (χ4v) is 3.71. The van der Waals surface area contributed by atoms with Crippen molar-refractivity contribution in [1.82, 2.24) is 10.2 Å². The lowest BCUT2D eigenvalue weighted by Gasteiger charge is -2.35. The molecule has 0 aliphatic carbocycles. The highest BCUT2D eigenvalue weighted by Crippen LogP contribution is 2.33. The van der Waals surface area contributed by atoms with Crippen molar-refractivity contribution in [1.29, 1.82) is 0 Å². The van der Waals surface area contributed by atoms with Crippen LogP contribution in [0.5, 0.6) is 0 Å². The summed E-state index contributed by atoms with van der Waals surface area (Å²) in [4.78, 5) is 14.1. The number of halogens is 4. The molecule has 0 saturated carbocycles. The molecule has 2 aliphatic rings. The highest BCUT2D eigenvalue weighted by atomic mass is 35.5. The lowest BCUT2D eigenvalue weighted by molar-refractivity contribution is -0.138. The summed E-state index contributed by atoms with van der Waals surface area (Å²) in [7, 11) is 0. The number of rotatable bonds is 2. The highest BCUT2D eigenvalue weighted by molar-refractivity contribution is 5.96. The number of alkyl halides is 3. The Balaban J connectivity index is 0.00000208. The third kappa shape index (κ3) is 4.03. The Bertz CT molecular complexity index is 565. The van der Waals surface area contributed by atoms with Crippen molar-refractivity contribution in [2.75, 3.05) is 19.6 Å². The summed E-state index contributed by atoms with van der Waals surface area (Å²) in [6.45, 7) is 2.12. The molecule has 0 spiro atoms. The Labute approximate surface area is 146 Å². The number of nitrogens with one attached hydrogen (secondary N) is 1. The van der Waals surface area contributed by atoms with Crippen LogP contribution < -0.4 is 5.32 Å². The molecule has 1 aromatic rings. The lowest BCUT2D eigenvalue weighted by Crippen LogP contribution is -2.43. The molecule has 1 N–H and O–H groups in total. The van der Waals surface area contributed by atoms with E-state index >= 15 is 0 Å². The minimum absolute atomic E-state index is 0. The van der Waals surface area contributed by atoms with Crippen LogP contribution in [-0.2, 0) is 6.18 Å². The molecule has 2 saturated heterocycles. The first-order valence-corrected chi connectivity index (χ1v) is 8.15. The van der Waals surface area contributed by atoms with Crippen LogP contribution in [0.3, 0.4) is 0 Å². The second kappa shape index (κ2) is 7.74. The number of hydrogen-bond acceptors (Lipinski definition) is 2. The largest absolute Gasteiger partial charge is 0.417 e. The lowest BCUT2D eigenvalue weighted by atomic mass is 9.88. The molecule has 2 fully saturated rings. The van der Waals surface area contributed by atoms with E-state index in [0.717, 1.165) is 31.9 Å². The van der Waals surface area contributed by atoms with Gasteiger partial charge in [0, 0.05) is 19.1 Å². The quantitative estimate of drug-likeness (QED) is 0.869. The third-order valence-corrected chi connectivity index (χ3v) is 4.96. The number of benzene rings is 1. The summed E-state index contributed by atoms with van der Waals surface area (Å²) in [6, 6.07) is 5.56. The van der Waals surface area contributed by atoms with Crippen LogP contribution in [-0.4, -0.2) is 36.5 Å². The minimum atomic E-state index is -4.50. The first-order valence-electron chi connectivity index (χ1n) is 8.15. The molecule has 1 unspecified atom stereocenters. The van der Waals surface area contributed by atoms with E-state index < -0.39 is 17.6 Å². The van der Waals surface area contributed by atoms with Crippen LogP contribution in [0.1, 0.15) is 41.6 Å². The van der Waals surface area contributed by atoms with Gasteiger partial charge in [0.05, 0.1) is 11.1 Å². The molecule has 1 aromatic carbocycles. The number of piperidine rings is 1. The first kappa shape index (κ1) is 19.1. The van der Waals surface area contributed by atoms with Gasteiger partial charge in [-0.15, -0.1) is 12.4 Å². The summed E-state index contributed by atoms with van der Waals surface area (Å²) < 4.78 is 39.2. The molecule has 1 amide bonds. The van der Waals surface area contributed by atoms with Gasteiger partial charge in [-0.05, 0) is 50.3 Å².